The van der Waals surface area contributed by atoms with E-state index in [1.54, 1.807) is 0 Å². The Morgan fingerprint density at radius 2 is 1.33 bits per heavy atom. The molecule has 0 amide bonds. The predicted octanol–water partition coefficient (Wildman–Crippen LogP) is 2.95. The number of benzene rings is 2. The van der Waals surface area contributed by atoms with E-state index in [-0.39, 0.29) is 6.04 Å². The zero-order chi connectivity index (χ0) is 13.0. The molecule has 0 aliphatic carbocycles. The molecule has 0 aliphatic heterocycles. The van der Waals surface area contributed by atoms with Crippen molar-refractivity contribution in [3.8, 4) is 0 Å². The van der Waals surface area contributed by atoms with Gasteiger partial charge in [0, 0.05) is 7.05 Å². The van der Waals surface area contributed by atoms with Crippen LogP contribution in [-0.4, -0.2) is 17.1 Å². The molecule has 0 atom stereocenters. The molecule has 92 valence electrons. The second-order valence-electron chi connectivity index (χ2n) is 4.17. The third kappa shape index (κ3) is 2.68. The summed E-state index contributed by atoms with van der Waals surface area (Å²) >= 11 is 5.10. The summed E-state index contributed by atoms with van der Waals surface area (Å²) in [4.78, 5) is 1.92. The van der Waals surface area contributed by atoms with Gasteiger partial charge in [0.15, 0.2) is 5.11 Å². The molecule has 2 rings (SSSR count). The van der Waals surface area contributed by atoms with Crippen molar-refractivity contribution >= 4 is 17.3 Å². The van der Waals surface area contributed by atoms with Gasteiger partial charge in [0.1, 0.15) is 0 Å². The van der Waals surface area contributed by atoms with Crippen molar-refractivity contribution in [2.24, 2.45) is 5.73 Å². The molecule has 2 nitrogen and oxygen atoms in total. The predicted molar refractivity (Wildman–Crippen MR) is 79.3 cm³/mol. The number of hydrogen-bond donors (Lipinski definition) is 1. The minimum Gasteiger partial charge on any atom is -0.376 e. The van der Waals surface area contributed by atoms with E-state index in [2.05, 4.69) is 24.3 Å². The van der Waals surface area contributed by atoms with Gasteiger partial charge in [-0.1, -0.05) is 60.7 Å². The Kier molecular flexibility index (Phi) is 3.95. The lowest BCUT2D eigenvalue weighted by Gasteiger charge is -2.29. The molecule has 0 saturated carbocycles. The van der Waals surface area contributed by atoms with Crippen LogP contribution in [0.25, 0.3) is 0 Å². The Hall–Kier alpha value is -1.87. The maximum absolute atomic E-state index is 5.77. The molecule has 18 heavy (non-hydrogen) atoms. The fraction of sp³-hybridized carbons (Fsp3) is 0.133. The maximum atomic E-state index is 5.77. The topological polar surface area (TPSA) is 29.3 Å². The van der Waals surface area contributed by atoms with Crippen molar-refractivity contribution in [1.82, 2.24) is 4.90 Å². The first-order valence-electron chi connectivity index (χ1n) is 5.82. The fourth-order valence-electron chi connectivity index (χ4n) is 2.04. The summed E-state index contributed by atoms with van der Waals surface area (Å²) in [5.41, 5.74) is 8.13. The van der Waals surface area contributed by atoms with Crippen molar-refractivity contribution in [2.75, 3.05) is 7.05 Å². The van der Waals surface area contributed by atoms with Crippen LogP contribution in [-0.2, 0) is 0 Å². The average molecular weight is 256 g/mol. The average Bonchev–Trinajstić information content (AvgIpc) is 2.41. The van der Waals surface area contributed by atoms with Gasteiger partial charge in [0.05, 0.1) is 6.04 Å². The summed E-state index contributed by atoms with van der Waals surface area (Å²) < 4.78 is 0. The number of nitrogens with zero attached hydrogens (tertiary/aromatic N) is 1. The highest BCUT2D eigenvalue weighted by atomic mass is 32.1. The monoisotopic (exact) mass is 256 g/mol. The minimum absolute atomic E-state index is 0.0601. The quantitative estimate of drug-likeness (QED) is 0.856. The van der Waals surface area contributed by atoms with E-state index in [0.29, 0.717) is 5.11 Å². The Labute approximate surface area is 113 Å². The molecule has 2 aromatic rings. The second kappa shape index (κ2) is 5.65. The van der Waals surface area contributed by atoms with Crippen LogP contribution in [0.4, 0.5) is 0 Å². The standard InChI is InChI=1S/C15H16N2S/c1-17(15(16)18)14(12-8-4-2-5-9-12)13-10-6-3-7-11-13/h2-11,14H,1H3,(H2,16,18). The van der Waals surface area contributed by atoms with E-state index < -0.39 is 0 Å². The third-order valence-electron chi connectivity index (χ3n) is 2.97. The summed E-state index contributed by atoms with van der Waals surface area (Å²) in [5, 5.41) is 0.396. The highest BCUT2D eigenvalue weighted by molar-refractivity contribution is 7.80. The molecule has 3 heteroatoms. The number of hydrogen-bond acceptors (Lipinski definition) is 1. The summed E-state index contributed by atoms with van der Waals surface area (Å²) in [6, 6.07) is 20.5. The fourth-order valence-corrected chi connectivity index (χ4v) is 2.14. The normalized spacial score (nSPS) is 10.3. The van der Waals surface area contributed by atoms with Gasteiger partial charge < -0.3 is 10.6 Å². The lowest BCUT2D eigenvalue weighted by molar-refractivity contribution is 0.431. The van der Waals surface area contributed by atoms with Crippen LogP contribution in [0, 0.1) is 0 Å². The largest absolute Gasteiger partial charge is 0.376 e. The Morgan fingerprint density at radius 3 is 1.67 bits per heavy atom. The van der Waals surface area contributed by atoms with Crippen molar-refractivity contribution in [3.05, 3.63) is 71.8 Å². The molecule has 2 N–H and O–H groups in total. The van der Waals surface area contributed by atoms with E-state index in [1.165, 1.54) is 11.1 Å². The molecule has 2 aromatic carbocycles. The Bertz CT molecular complexity index is 471. The zero-order valence-corrected chi connectivity index (χ0v) is 11.1. The van der Waals surface area contributed by atoms with Crippen LogP contribution in [0.5, 0.6) is 0 Å². The minimum atomic E-state index is 0.0601. The SMILES string of the molecule is CN(C(N)=S)C(c1ccccc1)c1ccccc1. The van der Waals surface area contributed by atoms with Gasteiger partial charge in [-0.2, -0.15) is 0 Å². The van der Waals surface area contributed by atoms with Crippen LogP contribution in [0.3, 0.4) is 0 Å². The van der Waals surface area contributed by atoms with E-state index >= 15 is 0 Å². The molecular formula is C15H16N2S. The first-order chi connectivity index (χ1) is 8.70. The molecule has 0 fully saturated rings. The molecule has 0 radical (unpaired) electrons. The molecule has 0 aliphatic rings. The third-order valence-corrected chi connectivity index (χ3v) is 3.25. The lowest BCUT2D eigenvalue weighted by Crippen LogP contribution is -2.35. The summed E-state index contributed by atoms with van der Waals surface area (Å²) in [6.45, 7) is 0. The number of nitrogens with two attached hydrogens (primary N) is 1. The van der Waals surface area contributed by atoms with Crippen LogP contribution in [0.1, 0.15) is 17.2 Å². The summed E-state index contributed by atoms with van der Waals surface area (Å²) in [5.74, 6) is 0. The van der Waals surface area contributed by atoms with Crippen molar-refractivity contribution in [3.63, 3.8) is 0 Å². The number of rotatable bonds is 3. The Balaban J connectivity index is 2.45. The molecule has 0 spiro atoms. The van der Waals surface area contributed by atoms with Gasteiger partial charge in [0.2, 0.25) is 0 Å². The van der Waals surface area contributed by atoms with Crippen LogP contribution < -0.4 is 5.73 Å². The molecule has 0 heterocycles. The van der Waals surface area contributed by atoms with Gasteiger partial charge in [-0.25, -0.2) is 0 Å². The first kappa shape index (κ1) is 12.6. The zero-order valence-electron chi connectivity index (χ0n) is 10.3. The van der Waals surface area contributed by atoms with Gasteiger partial charge >= 0.3 is 0 Å². The van der Waals surface area contributed by atoms with Crippen molar-refractivity contribution in [1.29, 1.82) is 0 Å². The van der Waals surface area contributed by atoms with E-state index in [1.807, 2.05) is 48.3 Å². The second-order valence-corrected chi connectivity index (χ2v) is 4.59. The molecule has 0 unspecified atom stereocenters. The van der Waals surface area contributed by atoms with E-state index in [9.17, 15) is 0 Å². The molecule has 0 bridgehead atoms. The van der Waals surface area contributed by atoms with Crippen LogP contribution in [0.15, 0.2) is 60.7 Å². The van der Waals surface area contributed by atoms with Crippen LogP contribution in [0.2, 0.25) is 0 Å². The first-order valence-corrected chi connectivity index (χ1v) is 6.23. The van der Waals surface area contributed by atoms with Crippen LogP contribution >= 0.6 is 12.2 Å². The molecule has 0 aromatic heterocycles. The lowest BCUT2D eigenvalue weighted by atomic mass is 9.98. The Morgan fingerprint density at radius 1 is 0.944 bits per heavy atom. The highest BCUT2D eigenvalue weighted by Crippen LogP contribution is 2.27. The number of thiocarbonyl (C=S) groups is 1. The van der Waals surface area contributed by atoms with E-state index in [0.717, 1.165) is 0 Å². The molecular weight excluding hydrogens is 240 g/mol. The van der Waals surface area contributed by atoms with Gasteiger partial charge in [-0.05, 0) is 23.3 Å². The highest BCUT2D eigenvalue weighted by Gasteiger charge is 2.19. The molecule has 0 saturated heterocycles. The smallest absolute Gasteiger partial charge is 0.166 e. The van der Waals surface area contributed by atoms with E-state index in [4.69, 9.17) is 18.0 Å². The van der Waals surface area contributed by atoms with Gasteiger partial charge in [-0.3, -0.25) is 0 Å². The summed E-state index contributed by atoms with van der Waals surface area (Å²) in [6.07, 6.45) is 0. The van der Waals surface area contributed by atoms with Crippen molar-refractivity contribution < 1.29 is 0 Å². The van der Waals surface area contributed by atoms with Crippen molar-refractivity contribution in [2.45, 2.75) is 6.04 Å². The van der Waals surface area contributed by atoms with Gasteiger partial charge in [-0.15, -0.1) is 0 Å². The summed E-state index contributed by atoms with van der Waals surface area (Å²) in [7, 11) is 1.92. The van der Waals surface area contributed by atoms with Gasteiger partial charge in [0.25, 0.3) is 0 Å². The maximum Gasteiger partial charge on any atom is 0.166 e.